The van der Waals surface area contributed by atoms with E-state index in [1.54, 1.807) is 0 Å². The Labute approximate surface area is 115 Å². The Kier molecular flexibility index (Phi) is 4.55. The Morgan fingerprint density at radius 2 is 1.86 bits per heavy atom. The maximum Gasteiger partial charge on any atom is 0.420 e. The molecule has 21 heavy (non-hydrogen) atoms. The zero-order valence-corrected chi connectivity index (χ0v) is 10.9. The van der Waals surface area contributed by atoms with E-state index in [0.717, 1.165) is 7.11 Å². The number of anilines is 1. The Hall–Kier alpha value is -2.59. The fourth-order valence-corrected chi connectivity index (χ4v) is 1.72. The van der Waals surface area contributed by atoms with Gasteiger partial charge in [-0.1, -0.05) is 0 Å². The summed E-state index contributed by atoms with van der Waals surface area (Å²) in [5, 5.41) is 24.2. The maximum atomic E-state index is 12.9. The van der Waals surface area contributed by atoms with Crippen LogP contribution in [-0.2, 0) is 6.18 Å². The number of halogens is 3. The van der Waals surface area contributed by atoms with E-state index in [1.807, 2.05) is 0 Å². The number of rotatable bonds is 5. The number of hydrogen-bond donors (Lipinski definition) is 1. The Morgan fingerprint density at radius 1 is 1.29 bits per heavy atom. The molecule has 0 amide bonds. The van der Waals surface area contributed by atoms with Gasteiger partial charge in [-0.3, -0.25) is 20.2 Å². The van der Waals surface area contributed by atoms with E-state index in [-0.39, 0.29) is 12.6 Å². The van der Waals surface area contributed by atoms with E-state index < -0.39 is 44.4 Å². The molecule has 1 aromatic carbocycles. The lowest BCUT2D eigenvalue weighted by Gasteiger charge is -2.14. The van der Waals surface area contributed by atoms with Gasteiger partial charge in [0.25, 0.3) is 5.69 Å². The molecule has 0 heterocycles. The second kappa shape index (κ2) is 5.81. The van der Waals surface area contributed by atoms with Crippen LogP contribution in [0.3, 0.4) is 0 Å². The molecule has 0 saturated heterocycles. The minimum absolute atomic E-state index is 0.0379. The van der Waals surface area contributed by atoms with E-state index >= 15 is 0 Å². The summed E-state index contributed by atoms with van der Waals surface area (Å²) in [6.07, 6.45) is -5.04. The van der Waals surface area contributed by atoms with Crippen LogP contribution in [0, 0.1) is 20.2 Å². The van der Waals surface area contributed by atoms with Crippen molar-refractivity contribution < 1.29 is 27.8 Å². The lowest BCUT2D eigenvalue weighted by Crippen LogP contribution is -2.13. The van der Waals surface area contributed by atoms with Crippen LogP contribution >= 0.6 is 0 Å². The molecular formula is C10H10F3N3O5. The van der Waals surface area contributed by atoms with Crippen LogP contribution in [0.4, 0.5) is 30.2 Å². The third-order valence-corrected chi connectivity index (χ3v) is 2.48. The van der Waals surface area contributed by atoms with E-state index in [9.17, 15) is 33.4 Å². The van der Waals surface area contributed by atoms with Crippen molar-refractivity contribution in [1.82, 2.24) is 0 Å². The summed E-state index contributed by atoms with van der Waals surface area (Å²) in [4.78, 5) is 19.6. The van der Waals surface area contributed by atoms with Gasteiger partial charge in [-0.25, -0.2) is 0 Å². The largest absolute Gasteiger partial charge is 0.490 e. The summed E-state index contributed by atoms with van der Waals surface area (Å²) >= 11 is 0. The van der Waals surface area contributed by atoms with Crippen LogP contribution < -0.4 is 10.1 Å². The number of ether oxygens (including phenoxy) is 1. The molecule has 0 radical (unpaired) electrons. The normalized spacial score (nSPS) is 11.1. The maximum absolute atomic E-state index is 12.9. The van der Waals surface area contributed by atoms with Crippen molar-refractivity contribution in [3.63, 3.8) is 0 Å². The zero-order valence-electron chi connectivity index (χ0n) is 10.9. The monoisotopic (exact) mass is 309 g/mol. The van der Waals surface area contributed by atoms with Gasteiger partial charge in [0.05, 0.1) is 17.0 Å². The number of methoxy groups -OCH3 is 1. The van der Waals surface area contributed by atoms with Crippen molar-refractivity contribution in [3.8, 4) is 5.75 Å². The van der Waals surface area contributed by atoms with Gasteiger partial charge in [0.2, 0.25) is 5.75 Å². The molecule has 0 aliphatic carbocycles. The molecule has 1 aromatic rings. The van der Waals surface area contributed by atoms with Gasteiger partial charge in [-0.2, -0.15) is 13.2 Å². The van der Waals surface area contributed by atoms with Gasteiger partial charge in [0.1, 0.15) is 5.56 Å². The van der Waals surface area contributed by atoms with E-state index in [1.165, 1.54) is 6.92 Å². The third-order valence-electron chi connectivity index (χ3n) is 2.48. The van der Waals surface area contributed by atoms with E-state index in [0.29, 0.717) is 0 Å². The summed E-state index contributed by atoms with van der Waals surface area (Å²) in [5.74, 6) is -1.07. The van der Waals surface area contributed by atoms with Gasteiger partial charge in [-0.05, 0) is 6.92 Å². The summed E-state index contributed by atoms with van der Waals surface area (Å²) < 4.78 is 43.1. The quantitative estimate of drug-likeness (QED) is 0.661. The Bertz CT molecular complexity index is 588. The first kappa shape index (κ1) is 16.5. The van der Waals surface area contributed by atoms with Crippen LogP contribution in [0.25, 0.3) is 0 Å². The van der Waals surface area contributed by atoms with Crippen molar-refractivity contribution >= 4 is 17.1 Å². The van der Waals surface area contributed by atoms with Crippen molar-refractivity contribution in [1.29, 1.82) is 0 Å². The minimum Gasteiger partial charge on any atom is -0.490 e. The lowest BCUT2D eigenvalue weighted by atomic mass is 10.1. The molecule has 0 aliphatic rings. The van der Waals surface area contributed by atoms with Crippen LogP contribution in [-0.4, -0.2) is 23.5 Å². The molecule has 116 valence electrons. The molecule has 0 atom stereocenters. The number of nitro groups is 2. The van der Waals surface area contributed by atoms with Crippen LogP contribution in [0.5, 0.6) is 5.75 Å². The first-order valence-corrected chi connectivity index (χ1v) is 5.49. The zero-order chi connectivity index (χ0) is 16.4. The van der Waals surface area contributed by atoms with E-state index in [4.69, 9.17) is 0 Å². The number of nitro benzene ring substituents is 2. The van der Waals surface area contributed by atoms with Gasteiger partial charge in [0.15, 0.2) is 5.69 Å². The molecule has 0 aromatic heterocycles. The van der Waals surface area contributed by atoms with Gasteiger partial charge < -0.3 is 10.1 Å². The fourth-order valence-electron chi connectivity index (χ4n) is 1.72. The first-order valence-electron chi connectivity index (χ1n) is 5.49. The predicted molar refractivity (Wildman–Crippen MR) is 65.5 cm³/mol. The average molecular weight is 309 g/mol. The molecule has 1 N–H and O–H groups in total. The second-order valence-corrected chi connectivity index (χ2v) is 3.74. The number of nitrogens with one attached hydrogen (secondary N) is 1. The Morgan fingerprint density at radius 3 is 2.19 bits per heavy atom. The second-order valence-electron chi connectivity index (χ2n) is 3.74. The number of nitrogens with zero attached hydrogens (tertiary/aromatic N) is 2. The molecule has 8 nitrogen and oxygen atoms in total. The molecule has 11 heteroatoms. The van der Waals surface area contributed by atoms with Crippen molar-refractivity contribution in [2.75, 3.05) is 19.0 Å². The summed E-state index contributed by atoms with van der Waals surface area (Å²) in [6, 6.07) is 0.212. The molecule has 0 spiro atoms. The highest BCUT2D eigenvalue weighted by molar-refractivity contribution is 5.80. The lowest BCUT2D eigenvalue weighted by molar-refractivity contribution is -0.393. The SMILES string of the molecule is CCNc1c([N+](=O)[O-])cc(C(F)(F)F)c(OC)c1[N+](=O)[O-]. The number of hydrogen-bond acceptors (Lipinski definition) is 6. The summed E-state index contributed by atoms with van der Waals surface area (Å²) in [6.45, 7) is 1.52. The highest BCUT2D eigenvalue weighted by Gasteiger charge is 2.43. The van der Waals surface area contributed by atoms with E-state index in [2.05, 4.69) is 10.1 Å². The average Bonchev–Trinajstić information content (AvgIpc) is 2.35. The van der Waals surface area contributed by atoms with Gasteiger partial charge >= 0.3 is 11.9 Å². The molecular weight excluding hydrogens is 299 g/mol. The fraction of sp³-hybridized carbons (Fsp3) is 0.400. The standard InChI is InChI=1S/C10H10F3N3O5/c1-3-14-7-6(15(17)18)4-5(10(11,12)13)9(21-2)8(7)16(19)20/h4,14H,3H2,1-2H3. The molecule has 0 saturated carbocycles. The van der Waals surface area contributed by atoms with Crippen molar-refractivity contribution in [2.45, 2.75) is 13.1 Å². The predicted octanol–water partition coefficient (Wildman–Crippen LogP) is 2.96. The molecule has 1 rings (SSSR count). The van der Waals surface area contributed by atoms with Gasteiger partial charge in [0, 0.05) is 12.6 Å². The first-order chi connectivity index (χ1) is 9.65. The van der Waals surface area contributed by atoms with Crippen LogP contribution in [0.15, 0.2) is 6.07 Å². The van der Waals surface area contributed by atoms with Gasteiger partial charge in [-0.15, -0.1) is 0 Å². The number of benzene rings is 1. The minimum atomic E-state index is -5.04. The topological polar surface area (TPSA) is 108 Å². The number of alkyl halides is 3. The highest BCUT2D eigenvalue weighted by atomic mass is 19.4. The van der Waals surface area contributed by atoms with Crippen molar-refractivity contribution in [2.24, 2.45) is 0 Å². The molecule has 0 fully saturated rings. The molecule has 0 aliphatic heterocycles. The van der Waals surface area contributed by atoms with Crippen LogP contribution in [0.2, 0.25) is 0 Å². The summed E-state index contributed by atoms with van der Waals surface area (Å²) in [7, 11) is 0.819. The molecule has 0 bridgehead atoms. The Balaban J connectivity index is 3.88. The highest BCUT2D eigenvalue weighted by Crippen LogP contribution is 2.49. The smallest absolute Gasteiger partial charge is 0.420 e. The summed E-state index contributed by atoms with van der Waals surface area (Å²) in [5.41, 5.74) is -4.38. The third kappa shape index (κ3) is 3.12. The van der Waals surface area contributed by atoms with Crippen molar-refractivity contribution in [3.05, 3.63) is 31.9 Å². The van der Waals surface area contributed by atoms with Crippen LogP contribution in [0.1, 0.15) is 12.5 Å². The molecule has 0 unspecified atom stereocenters.